The first-order valence-corrected chi connectivity index (χ1v) is 11.7. The highest BCUT2D eigenvalue weighted by molar-refractivity contribution is 7.89. The third-order valence-electron chi connectivity index (χ3n) is 5.80. The summed E-state index contributed by atoms with van der Waals surface area (Å²) in [5, 5.41) is 3.02. The molecule has 162 valence electrons. The molecule has 1 atom stereocenters. The van der Waals surface area contributed by atoms with Crippen molar-refractivity contribution in [3.05, 3.63) is 58.7 Å². The Morgan fingerprint density at radius 3 is 2.13 bits per heavy atom. The van der Waals surface area contributed by atoms with E-state index in [0.29, 0.717) is 31.1 Å². The summed E-state index contributed by atoms with van der Waals surface area (Å²) in [5.74, 6) is -0.0746. The van der Waals surface area contributed by atoms with E-state index in [1.807, 2.05) is 69.9 Å². The highest BCUT2D eigenvalue weighted by Crippen LogP contribution is 2.23. The van der Waals surface area contributed by atoms with Crippen molar-refractivity contribution in [1.82, 2.24) is 9.21 Å². The van der Waals surface area contributed by atoms with Crippen LogP contribution in [0.25, 0.3) is 0 Å². The zero-order valence-electron chi connectivity index (χ0n) is 18.4. The number of hydrogen-bond acceptors (Lipinski definition) is 4. The zero-order chi connectivity index (χ0) is 22.1. The van der Waals surface area contributed by atoms with Gasteiger partial charge in [0.1, 0.15) is 0 Å². The number of carbonyl (C=O) groups is 1. The lowest BCUT2D eigenvalue weighted by atomic mass is 10.1. The third kappa shape index (κ3) is 4.74. The Hall–Kier alpha value is -2.22. The Bertz CT molecular complexity index is 1040. The van der Waals surface area contributed by atoms with Gasteiger partial charge in [-0.2, -0.15) is 4.31 Å². The van der Waals surface area contributed by atoms with Gasteiger partial charge in [0.25, 0.3) is 0 Å². The van der Waals surface area contributed by atoms with Gasteiger partial charge >= 0.3 is 0 Å². The van der Waals surface area contributed by atoms with Crippen LogP contribution < -0.4 is 5.32 Å². The Kier molecular flexibility index (Phi) is 6.65. The lowest BCUT2D eigenvalue weighted by Crippen LogP contribution is -2.54. The number of benzene rings is 2. The van der Waals surface area contributed by atoms with Crippen LogP contribution in [0.5, 0.6) is 0 Å². The van der Waals surface area contributed by atoms with Gasteiger partial charge in [0, 0.05) is 31.9 Å². The fraction of sp³-hybridized carbons (Fsp3) is 0.435. The first-order valence-electron chi connectivity index (χ1n) is 10.3. The zero-order valence-corrected chi connectivity index (χ0v) is 19.2. The molecule has 0 spiro atoms. The van der Waals surface area contributed by atoms with Crippen LogP contribution in [0.1, 0.15) is 29.2 Å². The largest absolute Gasteiger partial charge is 0.324 e. The van der Waals surface area contributed by atoms with Crippen LogP contribution in [0.2, 0.25) is 0 Å². The number of piperazine rings is 1. The van der Waals surface area contributed by atoms with Crippen LogP contribution in [-0.2, 0) is 14.8 Å². The Morgan fingerprint density at radius 2 is 1.50 bits per heavy atom. The third-order valence-corrected chi connectivity index (χ3v) is 7.86. The van der Waals surface area contributed by atoms with Gasteiger partial charge in [-0.3, -0.25) is 9.69 Å². The molecule has 0 saturated carbocycles. The number of rotatable bonds is 5. The normalized spacial score (nSPS) is 17.0. The topological polar surface area (TPSA) is 69.7 Å². The van der Waals surface area contributed by atoms with Crippen molar-refractivity contribution in [3.63, 3.8) is 0 Å². The molecule has 3 rings (SSSR count). The minimum absolute atomic E-state index is 0.0746. The summed E-state index contributed by atoms with van der Waals surface area (Å²) in [6.07, 6.45) is 0. The fourth-order valence-corrected chi connectivity index (χ4v) is 5.46. The van der Waals surface area contributed by atoms with E-state index >= 15 is 0 Å². The van der Waals surface area contributed by atoms with E-state index in [9.17, 15) is 13.2 Å². The van der Waals surface area contributed by atoms with Gasteiger partial charge < -0.3 is 5.32 Å². The number of nitrogens with zero attached hydrogens (tertiary/aromatic N) is 2. The van der Waals surface area contributed by atoms with Gasteiger partial charge in [0.15, 0.2) is 0 Å². The second-order valence-corrected chi connectivity index (χ2v) is 10.1. The molecular weight excluding hydrogens is 398 g/mol. The van der Waals surface area contributed by atoms with Crippen molar-refractivity contribution in [1.29, 1.82) is 0 Å². The summed E-state index contributed by atoms with van der Waals surface area (Å²) in [7, 11) is -3.53. The number of amides is 1. The molecule has 1 heterocycles. The highest BCUT2D eigenvalue weighted by Gasteiger charge is 2.32. The van der Waals surface area contributed by atoms with E-state index in [4.69, 9.17) is 0 Å². The molecule has 1 aliphatic rings. The van der Waals surface area contributed by atoms with Crippen molar-refractivity contribution in [3.8, 4) is 0 Å². The number of sulfonamides is 1. The molecule has 1 fully saturated rings. The summed E-state index contributed by atoms with van der Waals surface area (Å²) < 4.78 is 27.7. The maximum Gasteiger partial charge on any atom is 0.243 e. The molecular formula is C23H31N3O3S. The molecule has 6 nitrogen and oxygen atoms in total. The number of anilines is 1. The number of carbonyl (C=O) groups excluding carboxylic acids is 1. The van der Waals surface area contributed by atoms with Crippen LogP contribution in [0.3, 0.4) is 0 Å². The predicted octanol–water partition coefficient (Wildman–Crippen LogP) is 3.25. The van der Waals surface area contributed by atoms with Crippen LogP contribution in [0, 0.1) is 27.7 Å². The molecule has 30 heavy (non-hydrogen) atoms. The first kappa shape index (κ1) is 22.5. The summed E-state index contributed by atoms with van der Waals surface area (Å²) in [6, 6.07) is 11.0. The fourth-order valence-electron chi connectivity index (χ4n) is 3.83. The molecule has 1 aliphatic heterocycles. The number of nitrogens with one attached hydrogen (secondary N) is 1. The van der Waals surface area contributed by atoms with Gasteiger partial charge in [0.2, 0.25) is 15.9 Å². The Labute approximate surface area is 179 Å². The van der Waals surface area contributed by atoms with Crippen molar-refractivity contribution in [2.45, 2.75) is 45.6 Å². The van der Waals surface area contributed by atoms with Crippen molar-refractivity contribution >= 4 is 21.6 Å². The molecule has 2 aromatic carbocycles. The van der Waals surface area contributed by atoms with Gasteiger partial charge in [0.05, 0.1) is 10.9 Å². The summed E-state index contributed by atoms with van der Waals surface area (Å²) in [4.78, 5) is 15.2. The minimum Gasteiger partial charge on any atom is -0.324 e. The lowest BCUT2D eigenvalue weighted by Gasteiger charge is -2.37. The quantitative estimate of drug-likeness (QED) is 0.792. The highest BCUT2D eigenvalue weighted by atomic mass is 32.2. The second-order valence-electron chi connectivity index (χ2n) is 8.19. The van der Waals surface area contributed by atoms with Gasteiger partial charge in [-0.05, 0) is 63.4 Å². The van der Waals surface area contributed by atoms with Gasteiger partial charge in [-0.1, -0.05) is 29.8 Å². The standard InChI is InChI=1S/C23H31N3O3S/c1-16-7-9-22(19(4)14-16)30(28,29)26-12-10-25(11-13-26)20(5)23(27)24-21-15-17(2)6-8-18(21)3/h6-9,14-15,20H,10-13H2,1-5H3,(H,24,27). The van der Waals surface area contributed by atoms with E-state index < -0.39 is 10.0 Å². The number of hydrogen-bond donors (Lipinski definition) is 1. The molecule has 1 saturated heterocycles. The van der Waals surface area contributed by atoms with Crippen molar-refractivity contribution in [2.75, 3.05) is 31.5 Å². The predicted molar refractivity (Wildman–Crippen MR) is 120 cm³/mol. The maximum atomic E-state index is 13.1. The molecule has 2 aromatic rings. The SMILES string of the molecule is Cc1ccc(S(=O)(=O)N2CCN(C(C)C(=O)Nc3cc(C)ccc3C)CC2)c(C)c1. The average molecular weight is 430 g/mol. The van der Waals surface area contributed by atoms with Gasteiger partial charge in [-0.25, -0.2) is 8.42 Å². The minimum atomic E-state index is -3.53. The van der Waals surface area contributed by atoms with Crippen LogP contribution in [-0.4, -0.2) is 55.8 Å². The van der Waals surface area contributed by atoms with Crippen LogP contribution in [0.4, 0.5) is 5.69 Å². The second kappa shape index (κ2) is 8.88. The van der Waals surface area contributed by atoms with E-state index in [1.165, 1.54) is 4.31 Å². The summed E-state index contributed by atoms with van der Waals surface area (Å²) in [5.41, 5.74) is 4.74. The molecule has 1 N–H and O–H groups in total. The molecule has 1 amide bonds. The van der Waals surface area contributed by atoms with Crippen LogP contribution >= 0.6 is 0 Å². The van der Waals surface area contributed by atoms with Crippen molar-refractivity contribution < 1.29 is 13.2 Å². The molecule has 0 radical (unpaired) electrons. The van der Waals surface area contributed by atoms with E-state index in [2.05, 4.69) is 5.32 Å². The van der Waals surface area contributed by atoms with E-state index in [0.717, 1.165) is 27.9 Å². The Morgan fingerprint density at radius 1 is 0.900 bits per heavy atom. The molecule has 0 aromatic heterocycles. The number of aryl methyl sites for hydroxylation is 4. The smallest absolute Gasteiger partial charge is 0.243 e. The molecule has 7 heteroatoms. The van der Waals surface area contributed by atoms with Crippen molar-refractivity contribution in [2.24, 2.45) is 0 Å². The molecule has 0 bridgehead atoms. The van der Waals surface area contributed by atoms with Crippen LogP contribution in [0.15, 0.2) is 41.3 Å². The lowest BCUT2D eigenvalue weighted by molar-refractivity contribution is -0.121. The summed E-state index contributed by atoms with van der Waals surface area (Å²) >= 11 is 0. The van der Waals surface area contributed by atoms with E-state index in [-0.39, 0.29) is 11.9 Å². The Balaban J connectivity index is 1.64. The maximum absolute atomic E-state index is 13.1. The average Bonchev–Trinajstić information content (AvgIpc) is 2.70. The first-order chi connectivity index (χ1) is 14.1. The molecule has 0 aliphatic carbocycles. The molecule has 1 unspecified atom stereocenters. The monoisotopic (exact) mass is 429 g/mol. The van der Waals surface area contributed by atoms with E-state index in [1.54, 1.807) is 6.07 Å². The van der Waals surface area contributed by atoms with Gasteiger partial charge in [-0.15, -0.1) is 0 Å². The summed E-state index contributed by atoms with van der Waals surface area (Å²) in [6.45, 7) is 11.4.